The van der Waals surface area contributed by atoms with Crippen LogP contribution >= 0.6 is 23.2 Å². The van der Waals surface area contributed by atoms with Gasteiger partial charge in [0.15, 0.2) is 5.58 Å². The number of rotatable bonds is 10. The Hall–Kier alpha value is -6.47. The van der Waals surface area contributed by atoms with E-state index in [-0.39, 0.29) is 42.9 Å². The Bertz CT molecular complexity index is 2780. The molecule has 3 heterocycles. The molecule has 62 heavy (non-hydrogen) atoms. The molecule has 4 aliphatic rings. The van der Waals surface area contributed by atoms with Crippen molar-refractivity contribution in [2.24, 2.45) is 23.7 Å². The second-order valence-electron chi connectivity index (χ2n) is 15.9. The van der Waals surface area contributed by atoms with Gasteiger partial charge in [-0.1, -0.05) is 71.2 Å². The number of aromatic nitrogens is 1. The predicted octanol–water partition coefficient (Wildman–Crippen LogP) is 8.37. The number of hydrogen-bond acceptors (Lipinski definition) is 10. The van der Waals surface area contributed by atoms with E-state index in [0.29, 0.717) is 61.6 Å². The lowest BCUT2D eigenvalue weighted by molar-refractivity contribution is -0.138. The molecule has 2 N–H and O–H groups in total. The van der Waals surface area contributed by atoms with Crippen LogP contribution in [0.1, 0.15) is 29.9 Å². The van der Waals surface area contributed by atoms with E-state index in [4.69, 9.17) is 37.1 Å². The van der Waals surface area contributed by atoms with Gasteiger partial charge in [-0.05, 0) is 109 Å². The van der Waals surface area contributed by atoms with Crippen LogP contribution in [0.5, 0.6) is 11.5 Å². The fourth-order valence-corrected chi connectivity index (χ4v) is 10.6. The number of fused-ring (bicyclic) bond motifs is 5. The number of aliphatic hydroxyl groups excluding tert-OH is 1. The minimum absolute atomic E-state index is 0.0873. The summed E-state index contributed by atoms with van der Waals surface area (Å²) in [5.41, 5.74) is 6.34. The van der Waals surface area contributed by atoms with Crippen LogP contribution < -0.4 is 19.8 Å². The molecule has 5 aromatic carbocycles. The van der Waals surface area contributed by atoms with Crippen molar-refractivity contribution in [3.8, 4) is 23.0 Å². The highest BCUT2D eigenvalue weighted by atomic mass is 35.5. The highest BCUT2D eigenvalue weighted by Crippen LogP contribution is 2.64. The molecular weight excluding hydrogens is 831 g/mol. The molecule has 10 rings (SSSR count). The second-order valence-corrected chi connectivity index (χ2v) is 16.7. The molecule has 12 nitrogen and oxygen atoms in total. The van der Waals surface area contributed by atoms with E-state index in [9.17, 15) is 14.7 Å². The second kappa shape index (κ2) is 15.5. The number of imide groups is 2. The normalized spacial score (nSPS) is 24.2. The Kier molecular flexibility index (Phi) is 9.89. The van der Waals surface area contributed by atoms with Crippen molar-refractivity contribution in [2.75, 3.05) is 30.6 Å². The van der Waals surface area contributed by atoms with Gasteiger partial charge in [0.1, 0.15) is 23.6 Å². The van der Waals surface area contributed by atoms with Crippen LogP contribution in [0.2, 0.25) is 10.0 Å². The van der Waals surface area contributed by atoms with Crippen LogP contribution in [0, 0.1) is 23.7 Å². The first-order chi connectivity index (χ1) is 30.1. The molecule has 2 saturated heterocycles. The lowest BCUT2D eigenvalue weighted by Gasteiger charge is -2.50. The lowest BCUT2D eigenvalue weighted by Crippen LogP contribution is -2.53. The molecule has 0 bridgehead atoms. The number of hydrazine groups is 1. The minimum Gasteiger partial charge on any atom is -0.497 e. The molecule has 2 aliphatic carbocycles. The van der Waals surface area contributed by atoms with Crippen LogP contribution in [-0.2, 0) is 24.6 Å². The molecule has 3 fully saturated rings. The van der Waals surface area contributed by atoms with Crippen LogP contribution in [-0.4, -0.2) is 59.1 Å². The molecule has 4 amide bonds. The van der Waals surface area contributed by atoms with E-state index in [1.54, 1.807) is 67.8 Å². The Labute approximate surface area is 365 Å². The fraction of sp³-hybridized carbons (Fsp3) is 0.229. The van der Waals surface area contributed by atoms with Crippen molar-refractivity contribution in [3.63, 3.8) is 0 Å². The summed E-state index contributed by atoms with van der Waals surface area (Å²) in [6.45, 7) is -0.0861. The lowest BCUT2D eigenvalue weighted by atomic mass is 9.49. The minimum atomic E-state index is -1.52. The summed E-state index contributed by atoms with van der Waals surface area (Å²) < 4.78 is 17.2. The van der Waals surface area contributed by atoms with Crippen LogP contribution in [0.4, 0.5) is 11.4 Å². The topological polar surface area (TPSA) is 152 Å². The summed E-state index contributed by atoms with van der Waals surface area (Å²) in [7, 11) is 1.55. The number of allylic oxidation sites excluding steroid dienone is 2. The van der Waals surface area contributed by atoms with Gasteiger partial charge in [-0.2, -0.15) is 5.01 Å². The monoisotopic (exact) mass is 868 g/mol. The van der Waals surface area contributed by atoms with Gasteiger partial charge in [-0.25, -0.2) is 4.98 Å². The van der Waals surface area contributed by atoms with E-state index in [2.05, 4.69) is 10.4 Å². The highest BCUT2D eigenvalue weighted by Gasteiger charge is 2.70. The molecule has 1 saturated carbocycles. The maximum Gasteiger partial charge on any atom is 0.260 e. The number of halogens is 2. The van der Waals surface area contributed by atoms with E-state index in [0.717, 1.165) is 10.6 Å². The van der Waals surface area contributed by atoms with Crippen LogP contribution in [0.15, 0.2) is 131 Å². The number of oxazole rings is 1. The molecule has 14 heteroatoms. The van der Waals surface area contributed by atoms with Gasteiger partial charge in [0, 0.05) is 16.5 Å². The third-order valence-electron chi connectivity index (χ3n) is 12.8. The molecule has 6 atom stereocenters. The standard InChI is InChI=1S/C48H38Cl2N4O8/c1-60-31-17-10-28(11-18-31)48-36(45(57)54(47(48)59)52-38-21-12-29(49)24-37(38)50)25-35-33(42(48)26-8-15-32(16-9-26)61-23-22-55)19-20-34-41(35)46(58)53(44(34)56)30-13-6-27(7-14-30)43-51-39-4-2-3-5-40(39)62-43/h2-19,21,24,34-36,41-42,52,55H,20,22-23,25H2,1H3/t34-,35+,36-,41-,42-,48+/m0/s1. The molecular formula is C48H38Cl2N4O8. The number of hydrogen-bond donors (Lipinski definition) is 2. The van der Waals surface area contributed by atoms with Crippen molar-refractivity contribution >= 4 is 69.3 Å². The van der Waals surface area contributed by atoms with Gasteiger partial charge in [-0.15, -0.1) is 0 Å². The number of aliphatic hydroxyl groups is 1. The van der Waals surface area contributed by atoms with E-state index in [1.807, 2.05) is 54.6 Å². The van der Waals surface area contributed by atoms with Gasteiger partial charge in [-0.3, -0.25) is 29.5 Å². The Balaban J connectivity index is 1.08. The third-order valence-corrected chi connectivity index (χ3v) is 13.4. The highest BCUT2D eigenvalue weighted by molar-refractivity contribution is 6.36. The van der Waals surface area contributed by atoms with E-state index >= 15 is 9.59 Å². The number of para-hydroxylation sites is 2. The van der Waals surface area contributed by atoms with Gasteiger partial charge >= 0.3 is 0 Å². The number of anilines is 2. The average Bonchev–Trinajstić information content (AvgIpc) is 3.91. The maximum atomic E-state index is 15.6. The van der Waals surface area contributed by atoms with Crippen molar-refractivity contribution in [2.45, 2.75) is 24.2 Å². The zero-order valence-electron chi connectivity index (χ0n) is 33.2. The zero-order chi connectivity index (χ0) is 42.9. The summed E-state index contributed by atoms with van der Waals surface area (Å²) in [5, 5.41) is 11.0. The molecule has 1 aromatic heterocycles. The van der Waals surface area contributed by atoms with Crippen molar-refractivity contribution in [1.29, 1.82) is 0 Å². The Morgan fingerprint density at radius 3 is 2.31 bits per heavy atom. The number of nitrogens with one attached hydrogen (secondary N) is 1. The molecule has 2 aliphatic heterocycles. The SMILES string of the molecule is COc1ccc([C@@]23C(=O)N(Nc4ccc(Cl)cc4Cl)C(=O)[C@@H]2C[C@@H]2C(=CC[C@@H]4C(=O)N(c5ccc(-c6nc7ccccc7o6)cc5)C(=O)[C@@H]42)[C@@H]3c2ccc(OCCO)cc2)cc1. The predicted molar refractivity (Wildman–Crippen MR) is 232 cm³/mol. The van der Waals surface area contributed by atoms with Crippen LogP contribution in [0.25, 0.3) is 22.6 Å². The van der Waals surface area contributed by atoms with Crippen molar-refractivity contribution < 1.29 is 38.2 Å². The number of carbonyl (C=O) groups excluding carboxylic acids is 4. The summed E-state index contributed by atoms with van der Waals surface area (Å²) in [6, 6.07) is 33.5. The number of nitrogens with zero attached hydrogens (tertiary/aromatic N) is 3. The molecule has 0 spiro atoms. The number of amides is 4. The van der Waals surface area contributed by atoms with Gasteiger partial charge in [0.05, 0.1) is 53.3 Å². The number of ether oxygens (including phenoxy) is 2. The third kappa shape index (κ3) is 6.19. The number of benzene rings is 5. The Morgan fingerprint density at radius 2 is 1.60 bits per heavy atom. The van der Waals surface area contributed by atoms with E-state index in [1.165, 1.54) is 11.0 Å². The summed E-state index contributed by atoms with van der Waals surface area (Å²) in [6.07, 6.45) is 2.36. The average molecular weight is 870 g/mol. The first-order valence-electron chi connectivity index (χ1n) is 20.2. The zero-order valence-corrected chi connectivity index (χ0v) is 34.7. The van der Waals surface area contributed by atoms with Gasteiger partial charge in [0.2, 0.25) is 17.7 Å². The molecule has 312 valence electrons. The van der Waals surface area contributed by atoms with Gasteiger partial charge in [0.25, 0.3) is 11.8 Å². The van der Waals surface area contributed by atoms with Crippen molar-refractivity contribution in [3.05, 3.63) is 148 Å². The first-order valence-corrected chi connectivity index (χ1v) is 21.0. The summed E-state index contributed by atoms with van der Waals surface area (Å²) >= 11 is 12.8. The molecule has 0 unspecified atom stereocenters. The summed E-state index contributed by atoms with van der Waals surface area (Å²) in [4.78, 5) is 65.8. The maximum absolute atomic E-state index is 15.6. The number of carbonyl (C=O) groups is 4. The molecule has 6 aromatic rings. The first kappa shape index (κ1) is 39.7. The van der Waals surface area contributed by atoms with Crippen molar-refractivity contribution in [1.82, 2.24) is 9.99 Å². The largest absolute Gasteiger partial charge is 0.497 e. The number of methoxy groups -OCH3 is 1. The summed E-state index contributed by atoms with van der Waals surface area (Å²) in [5.74, 6) is -4.07. The quantitative estimate of drug-likeness (QED) is 0.102. The smallest absolute Gasteiger partial charge is 0.260 e. The fourth-order valence-electron chi connectivity index (χ4n) is 10.1. The Morgan fingerprint density at radius 1 is 0.855 bits per heavy atom. The van der Waals surface area contributed by atoms with Gasteiger partial charge < -0.3 is 19.0 Å². The molecule has 0 radical (unpaired) electrons. The van der Waals surface area contributed by atoms with Crippen LogP contribution in [0.3, 0.4) is 0 Å². The van der Waals surface area contributed by atoms with E-state index < -0.39 is 46.8 Å².